The maximum absolute atomic E-state index is 12.7. The van der Waals surface area contributed by atoms with Crippen LogP contribution in [0.1, 0.15) is 31.3 Å². The number of carbonyl (C=O) groups is 2. The van der Waals surface area contributed by atoms with Crippen LogP contribution in [-0.4, -0.2) is 29.9 Å². The van der Waals surface area contributed by atoms with Gasteiger partial charge in [0.25, 0.3) is 5.91 Å². The summed E-state index contributed by atoms with van der Waals surface area (Å²) in [7, 11) is 0. The predicted octanol–water partition coefficient (Wildman–Crippen LogP) is 4.21. The molecule has 1 aromatic carbocycles. The third-order valence-electron chi connectivity index (χ3n) is 3.61. The number of benzene rings is 1. The number of rotatable bonds is 7. The van der Waals surface area contributed by atoms with Crippen LogP contribution in [0.25, 0.3) is 6.08 Å². The normalized spacial score (nSPS) is 12.1. The molecule has 0 spiro atoms. The molecular weight excluding hydrogens is 386 g/mol. The molecule has 0 fully saturated rings. The van der Waals surface area contributed by atoms with E-state index in [2.05, 4.69) is 15.9 Å². The van der Waals surface area contributed by atoms with Gasteiger partial charge in [0.15, 0.2) is 4.67 Å². The molecule has 1 aromatic heterocycles. The number of hydrogen-bond donors (Lipinski definition) is 0. The third-order valence-corrected chi connectivity index (χ3v) is 4.04. The molecule has 0 saturated carbocycles. The van der Waals surface area contributed by atoms with Gasteiger partial charge in [0.1, 0.15) is 5.76 Å². The number of nitrogens with zero attached hydrogens (tertiary/aromatic N) is 1. The van der Waals surface area contributed by atoms with Crippen molar-refractivity contribution in [1.82, 2.24) is 4.90 Å². The lowest BCUT2D eigenvalue weighted by Gasteiger charge is -2.25. The highest BCUT2D eigenvalue weighted by Gasteiger charge is 2.27. The topological polar surface area (TPSA) is 59.8 Å². The first-order chi connectivity index (χ1) is 12.0. The van der Waals surface area contributed by atoms with Gasteiger partial charge in [0.2, 0.25) is 6.10 Å². The van der Waals surface area contributed by atoms with E-state index in [1.54, 1.807) is 29.2 Å². The molecule has 132 valence electrons. The summed E-state index contributed by atoms with van der Waals surface area (Å²) in [6.07, 6.45) is 1.77. The summed E-state index contributed by atoms with van der Waals surface area (Å²) >= 11 is 3.19. The largest absolute Gasteiger partial charge is 0.450 e. The maximum Gasteiger partial charge on any atom is 0.332 e. The molecule has 6 heteroatoms. The van der Waals surface area contributed by atoms with E-state index in [4.69, 9.17) is 9.15 Å². The van der Waals surface area contributed by atoms with E-state index in [0.29, 0.717) is 29.1 Å². The maximum atomic E-state index is 12.7. The van der Waals surface area contributed by atoms with Gasteiger partial charge in [-0.1, -0.05) is 30.3 Å². The minimum atomic E-state index is -0.971. The van der Waals surface area contributed by atoms with Crippen LogP contribution in [0.2, 0.25) is 0 Å². The van der Waals surface area contributed by atoms with Crippen LogP contribution in [0.5, 0.6) is 0 Å². The van der Waals surface area contributed by atoms with Crippen molar-refractivity contribution in [3.8, 4) is 0 Å². The molecule has 1 atom stereocenters. The lowest BCUT2D eigenvalue weighted by Crippen LogP contribution is -2.36. The molecule has 1 amide bonds. The Bertz CT molecular complexity index is 735. The van der Waals surface area contributed by atoms with E-state index in [1.807, 2.05) is 32.0 Å². The van der Waals surface area contributed by atoms with Crippen LogP contribution in [0.15, 0.2) is 57.6 Å². The summed E-state index contributed by atoms with van der Waals surface area (Å²) < 4.78 is 11.3. The number of carbonyl (C=O) groups excluding carboxylic acids is 2. The standard InChI is InChI=1S/C19H20BrNO4/c1-3-21(4-2)19(23)18(14-8-6-5-7-9-14)25-17(22)13-11-15-10-12-16(20)24-15/h5-13,18H,3-4H2,1-2H3/b13-11+/t18-/m0/s1. The average Bonchev–Trinajstić information content (AvgIpc) is 3.05. The van der Waals surface area contributed by atoms with Crippen LogP contribution in [0.3, 0.4) is 0 Å². The Balaban J connectivity index is 2.16. The second kappa shape index (κ2) is 9.22. The number of ether oxygens (including phenoxy) is 1. The Morgan fingerprint density at radius 1 is 1.16 bits per heavy atom. The second-order valence-corrected chi connectivity index (χ2v) is 5.99. The third kappa shape index (κ3) is 5.32. The molecule has 0 unspecified atom stereocenters. The monoisotopic (exact) mass is 405 g/mol. The molecule has 2 aromatic rings. The zero-order chi connectivity index (χ0) is 18.2. The average molecular weight is 406 g/mol. The van der Waals surface area contributed by atoms with Crippen molar-refractivity contribution in [2.24, 2.45) is 0 Å². The molecule has 0 N–H and O–H groups in total. The molecule has 2 rings (SSSR count). The lowest BCUT2D eigenvalue weighted by atomic mass is 10.1. The highest BCUT2D eigenvalue weighted by molar-refractivity contribution is 9.10. The number of halogens is 1. The predicted molar refractivity (Wildman–Crippen MR) is 98.6 cm³/mol. The van der Waals surface area contributed by atoms with Gasteiger partial charge < -0.3 is 14.1 Å². The summed E-state index contributed by atoms with van der Waals surface area (Å²) in [5.74, 6) is -0.337. The summed E-state index contributed by atoms with van der Waals surface area (Å²) in [6, 6.07) is 12.4. The van der Waals surface area contributed by atoms with E-state index in [9.17, 15) is 9.59 Å². The SMILES string of the molecule is CCN(CC)C(=O)[C@@H](OC(=O)/C=C/c1ccc(Br)o1)c1ccccc1. The molecule has 1 heterocycles. The highest BCUT2D eigenvalue weighted by Crippen LogP contribution is 2.21. The first-order valence-corrected chi connectivity index (χ1v) is 8.82. The fourth-order valence-electron chi connectivity index (χ4n) is 2.31. The van der Waals surface area contributed by atoms with Crippen molar-refractivity contribution < 1.29 is 18.7 Å². The van der Waals surface area contributed by atoms with E-state index in [-0.39, 0.29) is 5.91 Å². The minimum Gasteiger partial charge on any atom is -0.450 e. The van der Waals surface area contributed by atoms with Crippen LogP contribution in [0, 0.1) is 0 Å². The van der Waals surface area contributed by atoms with Crippen LogP contribution >= 0.6 is 15.9 Å². The van der Waals surface area contributed by atoms with Gasteiger partial charge in [-0.25, -0.2) is 4.79 Å². The zero-order valence-electron chi connectivity index (χ0n) is 14.1. The van der Waals surface area contributed by atoms with Crippen molar-refractivity contribution in [3.63, 3.8) is 0 Å². The van der Waals surface area contributed by atoms with Gasteiger partial charge in [-0.3, -0.25) is 4.79 Å². The molecular formula is C19H20BrNO4. The molecule has 0 radical (unpaired) electrons. The van der Waals surface area contributed by atoms with Gasteiger partial charge in [-0.2, -0.15) is 0 Å². The van der Waals surface area contributed by atoms with Crippen molar-refractivity contribution in [1.29, 1.82) is 0 Å². The highest BCUT2D eigenvalue weighted by atomic mass is 79.9. The Labute approximate surface area is 155 Å². The smallest absolute Gasteiger partial charge is 0.332 e. The molecule has 0 saturated heterocycles. The Kier molecular flexibility index (Phi) is 7.01. The van der Waals surface area contributed by atoms with Crippen LogP contribution < -0.4 is 0 Å². The van der Waals surface area contributed by atoms with Gasteiger partial charge in [0, 0.05) is 24.7 Å². The molecule has 0 aliphatic rings. The molecule has 0 bridgehead atoms. The molecule has 0 aliphatic carbocycles. The number of furan rings is 1. The number of hydrogen-bond acceptors (Lipinski definition) is 4. The summed E-state index contributed by atoms with van der Waals surface area (Å²) in [6.45, 7) is 4.87. The van der Waals surface area contributed by atoms with Crippen molar-refractivity contribution in [2.75, 3.05) is 13.1 Å². The number of likely N-dealkylation sites (N-methyl/N-ethyl adjacent to an activating group) is 1. The Morgan fingerprint density at radius 3 is 2.40 bits per heavy atom. The van der Waals surface area contributed by atoms with E-state index >= 15 is 0 Å². The fraction of sp³-hybridized carbons (Fsp3) is 0.263. The van der Waals surface area contributed by atoms with Crippen molar-refractivity contribution in [3.05, 3.63) is 64.5 Å². The first-order valence-electron chi connectivity index (χ1n) is 8.02. The lowest BCUT2D eigenvalue weighted by molar-refractivity contribution is -0.157. The molecule has 5 nitrogen and oxygen atoms in total. The van der Waals surface area contributed by atoms with Gasteiger partial charge >= 0.3 is 5.97 Å². The van der Waals surface area contributed by atoms with Gasteiger partial charge in [0.05, 0.1) is 0 Å². The van der Waals surface area contributed by atoms with Gasteiger partial charge in [-0.05, 0) is 48.0 Å². The van der Waals surface area contributed by atoms with E-state index in [1.165, 1.54) is 12.2 Å². The first kappa shape index (κ1) is 19.0. The molecule has 25 heavy (non-hydrogen) atoms. The van der Waals surface area contributed by atoms with Crippen molar-refractivity contribution >= 4 is 33.9 Å². The summed E-state index contributed by atoms with van der Waals surface area (Å²) in [5.41, 5.74) is 0.641. The Morgan fingerprint density at radius 2 is 1.84 bits per heavy atom. The summed E-state index contributed by atoms with van der Waals surface area (Å²) in [4.78, 5) is 26.5. The van der Waals surface area contributed by atoms with E-state index in [0.717, 1.165) is 0 Å². The van der Waals surface area contributed by atoms with Crippen molar-refractivity contribution in [2.45, 2.75) is 20.0 Å². The fourth-order valence-corrected chi connectivity index (χ4v) is 2.63. The number of amides is 1. The van der Waals surface area contributed by atoms with Gasteiger partial charge in [-0.15, -0.1) is 0 Å². The zero-order valence-corrected chi connectivity index (χ0v) is 15.7. The minimum absolute atomic E-state index is 0.237. The Hall–Kier alpha value is -2.34. The number of esters is 1. The second-order valence-electron chi connectivity index (χ2n) is 5.21. The quantitative estimate of drug-likeness (QED) is 0.511. The molecule has 0 aliphatic heterocycles. The summed E-state index contributed by atoms with van der Waals surface area (Å²) in [5, 5.41) is 0. The van der Waals surface area contributed by atoms with Crippen LogP contribution in [0.4, 0.5) is 0 Å². The van der Waals surface area contributed by atoms with E-state index < -0.39 is 12.1 Å². The van der Waals surface area contributed by atoms with Crippen LogP contribution in [-0.2, 0) is 14.3 Å².